The van der Waals surface area contributed by atoms with Crippen LogP contribution in [-0.4, -0.2) is 31.7 Å². The lowest BCUT2D eigenvalue weighted by atomic mass is 10.1. The number of aromatic nitrogens is 4. The van der Waals surface area contributed by atoms with Crippen LogP contribution in [-0.2, 0) is 6.54 Å². The highest BCUT2D eigenvalue weighted by Crippen LogP contribution is 2.22. The van der Waals surface area contributed by atoms with Gasteiger partial charge in [-0.15, -0.1) is 0 Å². The van der Waals surface area contributed by atoms with Crippen LogP contribution in [0, 0.1) is 12.7 Å². The molecule has 2 heterocycles. The molecule has 1 N–H and O–H groups in total. The highest BCUT2D eigenvalue weighted by atomic mass is 35.5. The first-order valence-electron chi connectivity index (χ1n) is 9.75. The lowest BCUT2D eigenvalue weighted by Crippen LogP contribution is -2.28. The Kier molecular flexibility index (Phi) is 5.83. The zero-order valence-corrected chi connectivity index (χ0v) is 18.0. The number of carbonyl (C=O) groups excluding carboxylic acids is 1. The summed E-state index contributed by atoms with van der Waals surface area (Å²) in [6.45, 7) is 3.83. The molecule has 0 bridgehead atoms. The minimum absolute atomic E-state index is 0.0871. The predicted molar refractivity (Wildman–Crippen MR) is 120 cm³/mol. The van der Waals surface area contributed by atoms with Crippen molar-refractivity contribution in [2.45, 2.75) is 20.4 Å². The highest BCUT2D eigenvalue weighted by Gasteiger charge is 2.17. The second-order valence-electron chi connectivity index (χ2n) is 6.89. The number of benzene rings is 2. The number of nitrogens with zero attached hydrogens (tertiary/aromatic N) is 5. The van der Waals surface area contributed by atoms with E-state index in [1.54, 1.807) is 50.2 Å². The summed E-state index contributed by atoms with van der Waals surface area (Å²) < 4.78 is 15.9. The molecule has 0 aliphatic carbocycles. The van der Waals surface area contributed by atoms with Crippen molar-refractivity contribution in [2.24, 2.45) is 5.10 Å². The average molecular weight is 453 g/mol. The van der Waals surface area contributed by atoms with Crippen LogP contribution in [0.25, 0.3) is 16.5 Å². The van der Waals surface area contributed by atoms with Crippen molar-refractivity contribution in [3.63, 3.8) is 0 Å². The number of nitrogens with one attached hydrogen (secondary N) is 1. The van der Waals surface area contributed by atoms with Gasteiger partial charge in [0.25, 0.3) is 11.5 Å². The fourth-order valence-corrected chi connectivity index (χ4v) is 3.56. The zero-order valence-electron chi connectivity index (χ0n) is 17.2. The van der Waals surface area contributed by atoms with Crippen LogP contribution in [0.4, 0.5) is 4.39 Å². The Balaban J connectivity index is 1.62. The Morgan fingerprint density at radius 1 is 1.16 bits per heavy atom. The summed E-state index contributed by atoms with van der Waals surface area (Å²) in [5.41, 5.74) is 3.90. The van der Waals surface area contributed by atoms with Crippen molar-refractivity contribution < 1.29 is 9.18 Å². The molecule has 4 rings (SSSR count). The van der Waals surface area contributed by atoms with Crippen molar-refractivity contribution in [3.05, 3.63) is 86.8 Å². The smallest absolute Gasteiger partial charge is 0.267 e. The van der Waals surface area contributed by atoms with E-state index in [0.29, 0.717) is 34.3 Å². The molecule has 0 saturated heterocycles. The van der Waals surface area contributed by atoms with Gasteiger partial charge in [0.15, 0.2) is 5.69 Å². The second-order valence-corrected chi connectivity index (χ2v) is 7.25. The van der Waals surface area contributed by atoms with Gasteiger partial charge in [0.05, 0.1) is 28.5 Å². The summed E-state index contributed by atoms with van der Waals surface area (Å²) in [6, 6.07) is 12.5. The third-order valence-electron chi connectivity index (χ3n) is 4.86. The van der Waals surface area contributed by atoms with Crippen LogP contribution in [0.5, 0.6) is 0 Å². The number of fused-ring (bicyclic) bond motifs is 1. The van der Waals surface area contributed by atoms with Crippen molar-refractivity contribution >= 4 is 34.5 Å². The Bertz CT molecular complexity index is 1410. The molecule has 162 valence electrons. The lowest BCUT2D eigenvalue weighted by molar-refractivity contribution is 0.0949. The van der Waals surface area contributed by atoms with Gasteiger partial charge < -0.3 is 0 Å². The first-order valence-corrected chi connectivity index (χ1v) is 10.1. The number of aryl methyl sites for hydroxylation is 2. The third kappa shape index (κ3) is 3.90. The van der Waals surface area contributed by atoms with Gasteiger partial charge in [0, 0.05) is 11.9 Å². The SMILES string of the molecule is CCn1nc(C(=O)N/N=C/c2c(C)nn(-c3ccc(F)cc3)c2Cl)c2ccccc2c1=O. The Morgan fingerprint density at radius 3 is 2.53 bits per heavy atom. The third-order valence-corrected chi connectivity index (χ3v) is 5.22. The minimum Gasteiger partial charge on any atom is -0.267 e. The molecule has 0 aliphatic rings. The van der Waals surface area contributed by atoms with Gasteiger partial charge in [-0.25, -0.2) is 19.2 Å². The van der Waals surface area contributed by atoms with Crippen molar-refractivity contribution in [1.82, 2.24) is 25.0 Å². The first kappa shape index (κ1) is 21.4. The Labute approximate surface area is 186 Å². The Morgan fingerprint density at radius 2 is 1.84 bits per heavy atom. The normalized spacial score (nSPS) is 11.4. The van der Waals surface area contributed by atoms with E-state index in [1.807, 2.05) is 0 Å². The van der Waals surface area contributed by atoms with E-state index in [9.17, 15) is 14.0 Å². The zero-order chi connectivity index (χ0) is 22.8. The average Bonchev–Trinajstić information content (AvgIpc) is 3.08. The molecule has 0 fully saturated rings. The van der Waals surface area contributed by atoms with Crippen LogP contribution >= 0.6 is 11.6 Å². The monoisotopic (exact) mass is 452 g/mol. The first-order chi connectivity index (χ1) is 15.4. The summed E-state index contributed by atoms with van der Waals surface area (Å²) >= 11 is 6.42. The molecule has 8 nitrogen and oxygen atoms in total. The maximum absolute atomic E-state index is 13.2. The molecule has 0 saturated carbocycles. The number of carbonyl (C=O) groups is 1. The molecule has 0 unspecified atom stereocenters. The van der Waals surface area contributed by atoms with E-state index < -0.39 is 5.91 Å². The number of hydrogen-bond donors (Lipinski definition) is 1. The summed E-state index contributed by atoms with van der Waals surface area (Å²) in [4.78, 5) is 25.2. The van der Waals surface area contributed by atoms with E-state index in [4.69, 9.17) is 11.6 Å². The van der Waals surface area contributed by atoms with Crippen LogP contribution < -0.4 is 11.0 Å². The number of hydrazone groups is 1. The maximum Gasteiger partial charge on any atom is 0.292 e. The van der Waals surface area contributed by atoms with E-state index in [1.165, 1.54) is 27.7 Å². The summed E-state index contributed by atoms with van der Waals surface area (Å²) in [5, 5.41) is 13.6. The topological polar surface area (TPSA) is 94.2 Å². The molecule has 10 heteroatoms. The highest BCUT2D eigenvalue weighted by molar-refractivity contribution is 6.32. The molecule has 0 radical (unpaired) electrons. The molecular weight excluding hydrogens is 435 g/mol. The Hall–Kier alpha value is -3.85. The minimum atomic E-state index is -0.570. The number of hydrogen-bond acceptors (Lipinski definition) is 5. The number of amides is 1. The molecule has 0 aliphatic heterocycles. The predicted octanol–water partition coefficient (Wildman–Crippen LogP) is 3.47. The van der Waals surface area contributed by atoms with Gasteiger partial charge in [0.2, 0.25) is 0 Å². The fraction of sp³-hybridized carbons (Fsp3) is 0.136. The lowest BCUT2D eigenvalue weighted by Gasteiger charge is -2.08. The summed E-state index contributed by atoms with van der Waals surface area (Å²) in [7, 11) is 0. The molecule has 2 aromatic heterocycles. The van der Waals surface area contributed by atoms with Crippen molar-refractivity contribution in [3.8, 4) is 5.69 Å². The fourth-order valence-electron chi connectivity index (χ4n) is 3.24. The number of rotatable bonds is 5. The summed E-state index contributed by atoms with van der Waals surface area (Å²) in [5.74, 6) is -0.937. The van der Waals surface area contributed by atoms with Gasteiger partial charge in [-0.05, 0) is 44.2 Å². The van der Waals surface area contributed by atoms with Gasteiger partial charge in [-0.1, -0.05) is 29.8 Å². The molecule has 1 amide bonds. The standard InChI is InChI=1S/C22H18ClFN6O2/c1-3-29-22(32)17-7-5-4-6-16(17)19(28-29)21(31)26-25-12-18-13(2)27-30(20(18)23)15-10-8-14(24)9-11-15/h4-12H,3H2,1-2H3,(H,26,31)/b25-12+. The van der Waals surface area contributed by atoms with E-state index in [2.05, 4.69) is 20.7 Å². The van der Waals surface area contributed by atoms with Crippen molar-refractivity contribution in [1.29, 1.82) is 0 Å². The van der Waals surface area contributed by atoms with Crippen molar-refractivity contribution in [2.75, 3.05) is 0 Å². The quantitative estimate of drug-likeness (QED) is 0.370. The van der Waals surface area contributed by atoms with Gasteiger partial charge >= 0.3 is 0 Å². The molecule has 32 heavy (non-hydrogen) atoms. The second kappa shape index (κ2) is 8.72. The van der Waals surface area contributed by atoms with Gasteiger partial charge in [-0.3, -0.25) is 9.59 Å². The largest absolute Gasteiger partial charge is 0.292 e. The van der Waals surface area contributed by atoms with Crippen LogP contribution in [0.3, 0.4) is 0 Å². The molecule has 4 aromatic rings. The maximum atomic E-state index is 13.2. The van der Waals surface area contributed by atoms with Crippen LogP contribution in [0.15, 0.2) is 58.4 Å². The van der Waals surface area contributed by atoms with Gasteiger partial charge in [0.1, 0.15) is 11.0 Å². The van der Waals surface area contributed by atoms with Crippen LogP contribution in [0.2, 0.25) is 5.15 Å². The molecule has 0 spiro atoms. The molecule has 0 atom stereocenters. The van der Waals surface area contributed by atoms with E-state index >= 15 is 0 Å². The van der Waals surface area contributed by atoms with E-state index in [0.717, 1.165) is 0 Å². The van der Waals surface area contributed by atoms with Gasteiger partial charge in [-0.2, -0.15) is 15.3 Å². The van der Waals surface area contributed by atoms with Crippen LogP contribution in [0.1, 0.15) is 28.7 Å². The number of halogens is 2. The van der Waals surface area contributed by atoms with E-state index in [-0.39, 0.29) is 22.2 Å². The molecular formula is C22H18ClFN6O2. The summed E-state index contributed by atoms with van der Waals surface area (Å²) in [6.07, 6.45) is 1.38. The molecule has 2 aromatic carbocycles.